The second-order valence-electron chi connectivity index (χ2n) is 7.33. The summed E-state index contributed by atoms with van der Waals surface area (Å²) in [6.45, 7) is 7.63. The number of hydrogen-bond donors (Lipinski definition) is 0. The zero-order valence-electron chi connectivity index (χ0n) is 15.5. The first-order chi connectivity index (χ1) is 12.2. The molecule has 27 heavy (non-hydrogen) atoms. The Morgan fingerprint density at radius 1 is 1.11 bits per heavy atom. The maximum Gasteiger partial charge on any atom is 0.534 e. The number of carbonyl (C=O) groups excluding carboxylic acids is 1. The van der Waals surface area contributed by atoms with E-state index >= 15 is 0 Å². The predicted octanol–water partition coefficient (Wildman–Crippen LogP) is 3.56. The number of alkyl halides is 3. The van der Waals surface area contributed by atoms with E-state index in [9.17, 15) is 26.4 Å². The summed E-state index contributed by atoms with van der Waals surface area (Å²) in [4.78, 5) is 13.8. The molecular weight excluding hydrogens is 387 g/mol. The molecule has 0 unspecified atom stereocenters. The van der Waals surface area contributed by atoms with Crippen LogP contribution in [0.25, 0.3) is 0 Å². The van der Waals surface area contributed by atoms with E-state index in [2.05, 4.69) is 4.18 Å². The molecular formula is C17H22F3NO5S. The number of benzene rings is 1. The Morgan fingerprint density at radius 2 is 1.70 bits per heavy atom. The fourth-order valence-corrected chi connectivity index (χ4v) is 3.22. The fraction of sp³-hybridized carbons (Fsp3) is 0.588. The molecule has 1 aromatic carbocycles. The van der Waals surface area contributed by atoms with Crippen LogP contribution in [0.15, 0.2) is 12.1 Å². The van der Waals surface area contributed by atoms with Crippen LogP contribution in [0, 0.1) is 6.92 Å². The third kappa shape index (κ3) is 5.27. The summed E-state index contributed by atoms with van der Waals surface area (Å²) < 4.78 is 69.6. The molecule has 0 aromatic heterocycles. The van der Waals surface area contributed by atoms with Gasteiger partial charge >= 0.3 is 21.7 Å². The molecule has 1 heterocycles. The Hall–Kier alpha value is -1.97. The monoisotopic (exact) mass is 409 g/mol. The summed E-state index contributed by atoms with van der Waals surface area (Å²) in [5, 5.41) is 0. The minimum atomic E-state index is -5.73. The van der Waals surface area contributed by atoms with E-state index in [0.717, 1.165) is 5.56 Å². The van der Waals surface area contributed by atoms with Crippen molar-refractivity contribution < 1.29 is 35.3 Å². The van der Waals surface area contributed by atoms with E-state index in [0.29, 0.717) is 37.1 Å². The third-order valence-corrected chi connectivity index (χ3v) is 4.94. The molecule has 1 aromatic rings. The topological polar surface area (TPSA) is 72.9 Å². The van der Waals surface area contributed by atoms with Gasteiger partial charge in [0.2, 0.25) is 0 Å². The first-order valence-electron chi connectivity index (χ1n) is 8.31. The molecule has 1 aliphatic heterocycles. The van der Waals surface area contributed by atoms with Crippen molar-refractivity contribution in [1.29, 1.82) is 0 Å². The lowest BCUT2D eigenvalue weighted by molar-refractivity contribution is -0.0500. The summed E-state index contributed by atoms with van der Waals surface area (Å²) in [7, 11) is -5.73. The van der Waals surface area contributed by atoms with Crippen LogP contribution in [0.3, 0.4) is 0 Å². The van der Waals surface area contributed by atoms with Crippen LogP contribution < -0.4 is 4.18 Å². The average Bonchev–Trinajstić information content (AvgIpc) is 2.66. The molecule has 0 saturated carbocycles. The highest BCUT2D eigenvalue weighted by atomic mass is 32.2. The van der Waals surface area contributed by atoms with Crippen LogP contribution in [-0.2, 0) is 27.7 Å². The van der Waals surface area contributed by atoms with Crippen molar-refractivity contribution in [3.63, 3.8) is 0 Å². The number of carbonyl (C=O) groups is 1. The zero-order chi connectivity index (χ0) is 20.6. The van der Waals surface area contributed by atoms with Crippen molar-refractivity contribution in [3.05, 3.63) is 28.8 Å². The van der Waals surface area contributed by atoms with Crippen LogP contribution in [0.5, 0.6) is 5.75 Å². The molecule has 0 aliphatic carbocycles. The highest BCUT2D eigenvalue weighted by molar-refractivity contribution is 7.88. The standard InChI is InChI=1S/C17H22F3NO5S/c1-11-9-13(26-27(23,24)17(18,19)20)10-12-5-7-21(8-6-14(11)12)15(22)25-16(2,3)4/h9-10H,5-8H2,1-4H3. The largest absolute Gasteiger partial charge is 0.534 e. The Labute approximate surface area is 156 Å². The fourth-order valence-electron chi connectivity index (χ4n) is 2.78. The SMILES string of the molecule is Cc1cc(OS(=O)(=O)C(F)(F)F)cc2c1CCN(C(=O)OC(C)(C)C)CC2. The normalized spacial score (nSPS) is 15.7. The van der Waals surface area contributed by atoms with Gasteiger partial charge in [0.25, 0.3) is 0 Å². The highest BCUT2D eigenvalue weighted by Crippen LogP contribution is 2.31. The van der Waals surface area contributed by atoms with Gasteiger partial charge in [0.05, 0.1) is 0 Å². The van der Waals surface area contributed by atoms with Gasteiger partial charge in [-0.1, -0.05) is 0 Å². The number of ether oxygens (including phenoxy) is 1. The Morgan fingerprint density at radius 3 is 2.26 bits per heavy atom. The molecule has 2 rings (SSSR count). The summed E-state index contributed by atoms with van der Waals surface area (Å²) in [6.07, 6.45) is 0.356. The molecule has 0 N–H and O–H groups in total. The average molecular weight is 409 g/mol. The molecule has 6 nitrogen and oxygen atoms in total. The molecule has 10 heteroatoms. The van der Waals surface area contributed by atoms with Crippen molar-refractivity contribution >= 4 is 16.2 Å². The zero-order valence-corrected chi connectivity index (χ0v) is 16.3. The maximum absolute atomic E-state index is 12.5. The lowest BCUT2D eigenvalue weighted by atomic mass is 9.98. The molecule has 0 atom stereocenters. The summed E-state index contributed by atoms with van der Waals surface area (Å²) in [5.41, 5.74) is -4.03. The number of rotatable bonds is 2. The number of halogens is 3. The molecule has 152 valence electrons. The van der Waals surface area contributed by atoms with E-state index in [1.54, 1.807) is 27.7 Å². The summed E-state index contributed by atoms with van der Waals surface area (Å²) in [6, 6.07) is 2.54. The number of aryl methyl sites for hydroxylation is 1. The van der Waals surface area contributed by atoms with Gasteiger partial charge < -0.3 is 13.8 Å². The maximum atomic E-state index is 12.5. The second kappa shape index (κ2) is 7.21. The van der Waals surface area contributed by atoms with Crippen molar-refractivity contribution in [2.75, 3.05) is 13.1 Å². The van der Waals surface area contributed by atoms with Gasteiger partial charge in [-0.3, -0.25) is 0 Å². The highest BCUT2D eigenvalue weighted by Gasteiger charge is 2.48. The Kier molecular flexibility index (Phi) is 5.70. The minimum Gasteiger partial charge on any atom is -0.444 e. The first kappa shape index (κ1) is 21.3. The Bertz CT molecular complexity index is 828. The number of nitrogens with zero attached hydrogens (tertiary/aromatic N) is 1. The molecule has 1 aliphatic rings. The van der Waals surface area contributed by atoms with Gasteiger partial charge in [-0.05, 0) is 69.4 Å². The first-order valence-corrected chi connectivity index (χ1v) is 9.71. The van der Waals surface area contributed by atoms with Crippen molar-refractivity contribution in [2.45, 2.75) is 51.6 Å². The van der Waals surface area contributed by atoms with Crippen molar-refractivity contribution in [3.8, 4) is 5.75 Å². The molecule has 0 bridgehead atoms. The smallest absolute Gasteiger partial charge is 0.444 e. The molecule has 0 saturated heterocycles. The van der Waals surface area contributed by atoms with Gasteiger partial charge in [-0.25, -0.2) is 4.79 Å². The van der Waals surface area contributed by atoms with Crippen LogP contribution in [0.1, 0.15) is 37.5 Å². The molecule has 1 amide bonds. The minimum absolute atomic E-state index is 0.302. The number of fused-ring (bicyclic) bond motifs is 1. The lowest BCUT2D eigenvalue weighted by Gasteiger charge is -2.26. The Balaban J connectivity index is 2.22. The van der Waals surface area contributed by atoms with E-state index < -0.39 is 33.1 Å². The quantitative estimate of drug-likeness (QED) is 0.552. The molecule has 0 fully saturated rings. The summed E-state index contributed by atoms with van der Waals surface area (Å²) in [5.74, 6) is -0.394. The van der Waals surface area contributed by atoms with Crippen molar-refractivity contribution in [1.82, 2.24) is 4.90 Å². The van der Waals surface area contributed by atoms with Gasteiger partial charge in [-0.2, -0.15) is 21.6 Å². The van der Waals surface area contributed by atoms with E-state index in [4.69, 9.17) is 4.74 Å². The van der Waals surface area contributed by atoms with Crippen LogP contribution in [0.4, 0.5) is 18.0 Å². The van der Waals surface area contributed by atoms with Crippen LogP contribution in [0.2, 0.25) is 0 Å². The van der Waals surface area contributed by atoms with Gasteiger partial charge in [0, 0.05) is 13.1 Å². The van der Waals surface area contributed by atoms with E-state index in [1.807, 2.05) is 0 Å². The third-order valence-electron chi connectivity index (χ3n) is 3.96. The van der Waals surface area contributed by atoms with E-state index in [1.165, 1.54) is 17.0 Å². The van der Waals surface area contributed by atoms with Crippen LogP contribution >= 0.6 is 0 Å². The van der Waals surface area contributed by atoms with Gasteiger partial charge in [0.1, 0.15) is 11.4 Å². The number of hydrogen-bond acceptors (Lipinski definition) is 5. The van der Waals surface area contributed by atoms with Crippen molar-refractivity contribution in [2.24, 2.45) is 0 Å². The predicted molar refractivity (Wildman–Crippen MR) is 92.0 cm³/mol. The van der Waals surface area contributed by atoms with Gasteiger partial charge in [0.15, 0.2) is 0 Å². The molecule has 0 spiro atoms. The summed E-state index contributed by atoms with van der Waals surface area (Å²) >= 11 is 0. The molecule has 0 radical (unpaired) electrons. The van der Waals surface area contributed by atoms with Crippen LogP contribution in [-0.4, -0.2) is 43.6 Å². The number of amides is 1. The van der Waals surface area contributed by atoms with Gasteiger partial charge in [-0.15, -0.1) is 0 Å². The second-order valence-corrected chi connectivity index (χ2v) is 8.87. The lowest BCUT2D eigenvalue weighted by Crippen LogP contribution is -2.38. The van der Waals surface area contributed by atoms with E-state index in [-0.39, 0.29) is 0 Å².